The molecule has 9 heteroatoms. The summed E-state index contributed by atoms with van der Waals surface area (Å²) in [7, 11) is 0. The summed E-state index contributed by atoms with van der Waals surface area (Å²) in [6.45, 7) is 0. The van der Waals surface area contributed by atoms with E-state index in [1.807, 2.05) is 22.6 Å². The van der Waals surface area contributed by atoms with Gasteiger partial charge in [-0.1, -0.05) is 35.3 Å². The van der Waals surface area contributed by atoms with E-state index < -0.39 is 17.8 Å². The van der Waals surface area contributed by atoms with E-state index in [-0.39, 0.29) is 27.1 Å². The van der Waals surface area contributed by atoms with Crippen LogP contribution in [0.25, 0.3) is 6.08 Å². The van der Waals surface area contributed by atoms with E-state index in [4.69, 9.17) is 23.2 Å². The average Bonchev–Trinajstić information content (AvgIpc) is 2.58. The number of amides is 4. The highest BCUT2D eigenvalue weighted by atomic mass is 127. The molecule has 26 heavy (non-hydrogen) atoms. The molecule has 1 heterocycles. The predicted octanol–water partition coefficient (Wildman–Crippen LogP) is 3.97. The zero-order chi connectivity index (χ0) is 19.0. The molecule has 1 aliphatic rings. The quantitative estimate of drug-likeness (QED) is 0.369. The van der Waals surface area contributed by atoms with Gasteiger partial charge in [0.05, 0.1) is 19.3 Å². The summed E-state index contributed by atoms with van der Waals surface area (Å²) >= 11 is 14.0. The first-order valence-corrected chi connectivity index (χ1v) is 8.97. The molecule has 0 bridgehead atoms. The number of urea groups is 1. The van der Waals surface area contributed by atoms with Gasteiger partial charge in [0.2, 0.25) is 0 Å². The molecular formula is C17H9Cl2IN2O4. The minimum atomic E-state index is -0.915. The van der Waals surface area contributed by atoms with Crippen molar-refractivity contribution in [3.05, 3.63) is 61.2 Å². The summed E-state index contributed by atoms with van der Waals surface area (Å²) in [6, 6.07) is 8.15. The third-order valence-corrected chi connectivity index (χ3v) is 5.23. The maximum atomic E-state index is 12.8. The van der Waals surface area contributed by atoms with Crippen LogP contribution in [0.3, 0.4) is 0 Å². The molecule has 1 fully saturated rings. The fourth-order valence-corrected chi connectivity index (χ4v) is 3.24. The molecule has 2 aromatic rings. The lowest BCUT2D eigenvalue weighted by atomic mass is 10.1. The first kappa shape index (κ1) is 18.7. The molecule has 2 aromatic carbocycles. The van der Waals surface area contributed by atoms with Gasteiger partial charge in [-0.3, -0.25) is 14.9 Å². The second kappa shape index (κ2) is 7.26. The largest absolute Gasteiger partial charge is 0.507 e. The number of hydrogen-bond donors (Lipinski definition) is 2. The molecule has 1 saturated heterocycles. The van der Waals surface area contributed by atoms with E-state index in [0.717, 1.165) is 4.90 Å². The fraction of sp³-hybridized carbons (Fsp3) is 0. The van der Waals surface area contributed by atoms with Crippen LogP contribution in [0.5, 0.6) is 5.75 Å². The summed E-state index contributed by atoms with van der Waals surface area (Å²) in [5, 5.41) is 11.9. The lowest BCUT2D eigenvalue weighted by molar-refractivity contribution is -0.122. The normalized spacial score (nSPS) is 16.2. The molecule has 0 unspecified atom stereocenters. The molecular weight excluding hydrogens is 494 g/mol. The molecule has 0 aliphatic carbocycles. The molecule has 132 valence electrons. The highest BCUT2D eigenvalue weighted by Crippen LogP contribution is 2.34. The van der Waals surface area contributed by atoms with Gasteiger partial charge in [0.1, 0.15) is 11.3 Å². The molecule has 0 spiro atoms. The van der Waals surface area contributed by atoms with Crippen LogP contribution in [0.4, 0.5) is 10.5 Å². The number of hydrogen-bond acceptors (Lipinski definition) is 4. The van der Waals surface area contributed by atoms with E-state index in [1.54, 1.807) is 6.07 Å². The van der Waals surface area contributed by atoms with Gasteiger partial charge >= 0.3 is 6.03 Å². The second-order valence-corrected chi connectivity index (χ2v) is 7.19. The van der Waals surface area contributed by atoms with Crippen molar-refractivity contribution < 1.29 is 19.5 Å². The number of carbonyl (C=O) groups is 3. The van der Waals surface area contributed by atoms with E-state index in [0.29, 0.717) is 9.13 Å². The van der Waals surface area contributed by atoms with Crippen molar-refractivity contribution in [2.45, 2.75) is 0 Å². The van der Waals surface area contributed by atoms with Crippen LogP contribution in [0, 0.1) is 3.57 Å². The number of anilines is 1. The maximum absolute atomic E-state index is 12.8. The Labute approximate surface area is 171 Å². The molecule has 4 amide bonds. The SMILES string of the molecule is O=C1NC(=O)N(c2cccc(Cl)c2Cl)C(=O)/C1=C/c1ccc(O)c(I)c1. The zero-order valence-electron chi connectivity index (χ0n) is 12.8. The lowest BCUT2D eigenvalue weighted by Gasteiger charge is -2.27. The number of barbiturate groups is 1. The first-order chi connectivity index (χ1) is 12.3. The van der Waals surface area contributed by atoms with Crippen LogP contribution in [-0.4, -0.2) is 23.0 Å². The number of carbonyl (C=O) groups excluding carboxylic acids is 3. The van der Waals surface area contributed by atoms with Crippen molar-refractivity contribution in [1.29, 1.82) is 0 Å². The molecule has 3 rings (SSSR count). The summed E-state index contributed by atoms with van der Waals surface area (Å²) < 4.78 is 0.548. The van der Waals surface area contributed by atoms with Gasteiger partial charge in [0.15, 0.2) is 0 Å². The van der Waals surface area contributed by atoms with Gasteiger partial charge in [0, 0.05) is 0 Å². The first-order valence-electron chi connectivity index (χ1n) is 7.13. The monoisotopic (exact) mass is 502 g/mol. The number of nitrogens with one attached hydrogen (secondary N) is 1. The van der Waals surface area contributed by atoms with E-state index in [2.05, 4.69) is 5.32 Å². The van der Waals surface area contributed by atoms with Crippen LogP contribution >= 0.6 is 45.8 Å². The number of benzene rings is 2. The Kier molecular flexibility index (Phi) is 5.22. The maximum Gasteiger partial charge on any atom is 0.336 e. The molecule has 0 radical (unpaired) electrons. The molecule has 0 atom stereocenters. The van der Waals surface area contributed by atoms with E-state index in [1.165, 1.54) is 36.4 Å². The number of phenolic OH excluding ortho intramolecular Hbond substituents is 1. The van der Waals surface area contributed by atoms with Gasteiger partial charge in [0.25, 0.3) is 11.8 Å². The van der Waals surface area contributed by atoms with Crippen LogP contribution in [0.1, 0.15) is 5.56 Å². The summed E-state index contributed by atoms with van der Waals surface area (Å²) in [5.41, 5.74) is 0.333. The van der Waals surface area contributed by atoms with Gasteiger partial charge < -0.3 is 5.11 Å². The third-order valence-electron chi connectivity index (χ3n) is 3.56. The van der Waals surface area contributed by atoms with Crippen molar-refractivity contribution in [2.75, 3.05) is 4.90 Å². The zero-order valence-corrected chi connectivity index (χ0v) is 16.5. The third kappa shape index (κ3) is 3.42. The van der Waals surface area contributed by atoms with E-state index in [9.17, 15) is 19.5 Å². The Balaban J connectivity index is 2.07. The van der Waals surface area contributed by atoms with Crippen LogP contribution in [-0.2, 0) is 9.59 Å². The number of rotatable bonds is 2. The Morgan fingerprint density at radius 1 is 1.12 bits per heavy atom. The average molecular weight is 503 g/mol. The number of phenols is 1. The van der Waals surface area contributed by atoms with Crippen LogP contribution < -0.4 is 10.2 Å². The molecule has 0 saturated carbocycles. The topological polar surface area (TPSA) is 86.7 Å². The summed E-state index contributed by atoms with van der Waals surface area (Å²) in [4.78, 5) is 37.9. The van der Waals surface area contributed by atoms with E-state index >= 15 is 0 Å². The standard InChI is InChI=1S/C17H9Cl2IN2O4/c18-10-2-1-3-12(14(10)19)22-16(25)9(15(24)21-17(22)26)6-8-4-5-13(23)11(20)7-8/h1-7,23H,(H,21,24,26)/b9-6+. The number of aromatic hydroxyl groups is 1. The van der Waals surface area contributed by atoms with Gasteiger partial charge in [-0.15, -0.1) is 0 Å². The minimum absolute atomic E-state index is 0.0190. The Hall–Kier alpha value is -2.10. The lowest BCUT2D eigenvalue weighted by Crippen LogP contribution is -2.54. The molecule has 0 aromatic heterocycles. The van der Waals surface area contributed by atoms with Crippen molar-refractivity contribution >= 4 is 75.4 Å². The summed E-state index contributed by atoms with van der Waals surface area (Å²) in [6.07, 6.45) is 1.33. The highest BCUT2D eigenvalue weighted by molar-refractivity contribution is 14.1. The fourth-order valence-electron chi connectivity index (χ4n) is 2.32. The van der Waals surface area contributed by atoms with Gasteiger partial charge in [-0.25, -0.2) is 9.69 Å². The molecule has 6 nitrogen and oxygen atoms in total. The second-order valence-electron chi connectivity index (χ2n) is 5.24. The Morgan fingerprint density at radius 2 is 1.85 bits per heavy atom. The smallest absolute Gasteiger partial charge is 0.336 e. The Bertz CT molecular complexity index is 991. The predicted molar refractivity (Wildman–Crippen MR) is 106 cm³/mol. The van der Waals surface area contributed by atoms with Crippen molar-refractivity contribution in [3.8, 4) is 5.75 Å². The van der Waals surface area contributed by atoms with Crippen LogP contribution in [0.2, 0.25) is 10.0 Å². The van der Waals surface area contributed by atoms with Gasteiger partial charge in [-0.05, 0) is 58.5 Å². The van der Waals surface area contributed by atoms with Gasteiger partial charge in [-0.2, -0.15) is 0 Å². The molecule has 2 N–H and O–H groups in total. The highest BCUT2D eigenvalue weighted by Gasteiger charge is 2.38. The van der Waals surface area contributed by atoms with Crippen LogP contribution in [0.15, 0.2) is 42.0 Å². The van der Waals surface area contributed by atoms with Crippen molar-refractivity contribution in [2.24, 2.45) is 0 Å². The number of halogens is 3. The Morgan fingerprint density at radius 3 is 2.54 bits per heavy atom. The minimum Gasteiger partial charge on any atom is -0.507 e. The number of imide groups is 2. The molecule has 1 aliphatic heterocycles. The van der Waals surface area contributed by atoms with Crippen molar-refractivity contribution in [3.63, 3.8) is 0 Å². The number of nitrogens with zero attached hydrogens (tertiary/aromatic N) is 1. The van der Waals surface area contributed by atoms with Crippen molar-refractivity contribution in [1.82, 2.24) is 5.32 Å². The summed E-state index contributed by atoms with van der Waals surface area (Å²) in [5.74, 6) is -1.57.